The van der Waals surface area contributed by atoms with E-state index < -0.39 is 42.2 Å². The van der Waals surface area contributed by atoms with Crippen LogP contribution in [-0.2, 0) is 20.7 Å². The van der Waals surface area contributed by atoms with Crippen LogP contribution in [0, 0.1) is 11.3 Å². The average molecular weight is 604 g/mol. The fourth-order valence-electron chi connectivity index (χ4n) is 3.07. The number of nitrogens with zero attached hydrogens (tertiary/aromatic N) is 2. The van der Waals surface area contributed by atoms with E-state index in [1.165, 1.54) is 18.3 Å². The van der Waals surface area contributed by atoms with Gasteiger partial charge in [0.05, 0.1) is 17.3 Å². The highest BCUT2D eigenvalue weighted by Gasteiger charge is 2.28. The molecule has 0 bridgehead atoms. The summed E-state index contributed by atoms with van der Waals surface area (Å²) in [6, 6.07) is 10.4. The number of aliphatic hydroxyl groups excluding tert-OH is 1. The van der Waals surface area contributed by atoms with Gasteiger partial charge in [0.1, 0.15) is 35.3 Å². The quantitative estimate of drug-likeness (QED) is 0.191. The predicted molar refractivity (Wildman–Crippen MR) is 145 cm³/mol. The first-order valence-corrected chi connectivity index (χ1v) is 12.5. The van der Waals surface area contributed by atoms with Gasteiger partial charge >= 0.3 is 6.09 Å². The van der Waals surface area contributed by atoms with Crippen molar-refractivity contribution in [2.24, 2.45) is 5.10 Å². The van der Waals surface area contributed by atoms with Crippen LogP contribution in [0.3, 0.4) is 0 Å². The molecule has 0 spiro atoms. The number of phenols is 1. The Morgan fingerprint density at radius 3 is 2.38 bits per heavy atom. The summed E-state index contributed by atoms with van der Waals surface area (Å²) >= 11 is 3.34. The number of benzene rings is 2. The Hall–Kier alpha value is -4.15. The zero-order valence-corrected chi connectivity index (χ0v) is 23.2. The summed E-state index contributed by atoms with van der Waals surface area (Å²) in [5.41, 5.74) is 2.77. The number of ether oxygens (including phenoxy) is 2. The highest BCUT2D eigenvalue weighted by Crippen LogP contribution is 2.25. The number of hydrogen-bond donors (Lipinski definition) is 5. The van der Waals surface area contributed by atoms with Crippen LogP contribution in [0.2, 0.25) is 0 Å². The Kier molecular flexibility index (Phi) is 11.7. The number of carbonyl (C=O) groups excluding carboxylic acids is 3. The summed E-state index contributed by atoms with van der Waals surface area (Å²) in [5, 5.41) is 36.6. The first-order valence-electron chi connectivity index (χ1n) is 11.7. The number of aromatic hydroxyl groups is 1. The summed E-state index contributed by atoms with van der Waals surface area (Å²) in [4.78, 5) is 37.9. The summed E-state index contributed by atoms with van der Waals surface area (Å²) in [5.74, 6) is -0.990. The minimum atomic E-state index is -1.38. The number of hydrogen-bond acceptors (Lipinski definition) is 9. The second-order valence-electron chi connectivity index (χ2n) is 9.18. The van der Waals surface area contributed by atoms with Gasteiger partial charge in [-0.2, -0.15) is 10.4 Å². The van der Waals surface area contributed by atoms with E-state index in [4.69, 9.17) is 14.7 Å². The smallest absolute Gasteiger partial charge is 0.408 e. The van der Waals surface area contributed by atoms with Crippen LogP contribution in [0.5, 0.6) is 11.5 Å². The Balaban J connectivity index is 2.13. The molecule has 2 aromatic carbocycles. The molecule has 5 N–H and O–H groups in total. The third-order valence-corrected chi connectivity index (χ3v) is 5.46. The van der Waals surface area contributed by atoms with Crippen LogP contribution in [0.15, 0.2) is 52.0 Å². The van der Waals surface area contributed by atoms with Gasteiger partial charge in [0.2, 0.25) is 5.91 Å². The minimum absolute atomic E-state index is 0.0223. The number of carbonyl (C=O) groups is 3. The predicted octanol–water partition coefficient (Wildman–Crippen LogP) is 2.12. The van der Waals surface area contributed by atoms with Crippen molar-refractivity contribution in [3.63, 3.8) is 0 Å². The largest absolute Gasteiger partial charge is 0.508 e. The van der Waals surface area contributed by atoms with Crippen molar-refractivity contribution in [1.82, 2.24) is 16.1 Å². The van der Waals surface area contributed by atoms with Crippen molar-refractivity contribution in [3.05, 3.63) is 58.1 Å². The molecule has 0 unspecified atom stereocenters. The van der Waals surface area contributed by atoms with Gasteiger partial charge in [-0.1, -0.05) is 12.1 Å². The summed E-state index contributed by atoms with van der Waals surface area (Å²) in [6.07, 6.45) is 0.488. The second kappa shape index (κ2) is 14.7. The summed E-state index contributed by atoms with van der Waals surface area (Å²) in [6.45, 7) is 4.10. The van der Waals surface area contributed by atoms with E-state index in [2.05, 4.69) is 37.1 Å². The van der Waals surface area contributed by atoms with Crippen LogP contribution >= 0.6 is 15.9 Å². The van der Waals surface area contributed by atoms with Gasteiger partial charge in [-0.3, -0.25) is 9.59 Å². The molecule has 0 saturated carbocycles. The van der Waals surface area contributed by atoms with Gasteiger partial charge in [-0.25, -0.2) is 10.2 Å². The topological polar surface area (TPSA) is 182 Å². The van der Waals surface area contributed by atoms with Crippen molar-refractivity contribution >= 4 is 40.1 Å². The fraction of sp³-hybridized carbons (Fsp3) is 0.346. The van der Waals surface area contributed by atoms with E-state index in [1.807, 2.05) is 6.07 Å². The van der Waals surface area contributed by atoms with Crippen molar-refractivity contribution in [2.45, 2.75) is 44.9 Å². The molecule has 2 aromatic rings. The van der Waals surface area contributed by atoms with E-state index in [0.29, 0.717) is 21.3 Å². The van der Waals surface area contributed by atoms with Crippen molar-refractivity contribution < 1.29 is 34.1 Å². The molecule has 0 saturated heterocycles. The maximum atomic E-state index is 13.0. The van der Waals surface area contributed by atoms with Crippen LogP contribution in [0.25, 0.3) is 0 Å². The molecule has 0 aromatic heterocycles. The molecule has 208 valence electrons. The molecule has 13 heteroatoms. The number of nitriles is 1. The molecule has 0 fully saturated rings. The van der Waals surface area contributed by atoms with Gasteiger partial charge in [-0.05, 0) is 78.2 Å². The van der Waals surface area contributed by atoms with E-state index in [1.54, 1.807) is 51.1 Å². The van der Waals surface area contributed by atoms with Crippen LogP contribution < -0.4 is 20.8 Å². The van der Waals surface area contributed by atoms with Gasteiger partial charge in [0, 0.05) is 6.42 Å². The van der Waals surface area contributed by atoms with E-state index >= 15 is 0 Å². The molecule has 2 atom stereocenters. The highest BCUT2D eigenvalue weighted by molar-refractivity contribution is 9.10. The van der Waals surface area contributed by atoms with Gasteiger partial charge in [-0.15, -0.1) is 0 Å². The van der Waals surface area contributed by atoms with E-state index in [9.17, 15) is 24.6 Å². The molecular weight excluding hydrogens is 574 g/mol. The van der Waals surface area contributed by atoms with Crippen LogP contribution in [0.1, 0.15) is 31.9 Å². The number of halogens is 1. The number of amides is 3. The molecule has 0 radical (unpaired) electrons. The lowest BCUT2D eigenvalue weighted by Gasteiger charge is -2.24. The molecule has 0 aliphatic carbocycles. The monoisotopic (exact) mass is 603 g/mol. The van der Waals surface area contributed by atoms with Crippen LogP contribution in [0.4, 0.5) is 4.79 Å². The maximum absolute atomic E-state index is 13.0. The maximum Gasteiger partial charge on any atom is 0.408 e. The van der Waals surface area contributed by atoms with E-state index in [0.717, 1.165) is 0 Å². The van der Waals surface area contributed by atoms with Gasteiger partial charge < -0.3 is 30.3 Å². The molecule has 3 amide bonds. The number of alkyl carbamates (subject to hydrolysis) is 1. The Bertz CT molecular complexity index is 1220. The molecule has 39 heavy (non-hydrogen) atoms. The summed E-state index contributed by atoms with van der Waals surface area (Å²) < 4.78 is 11.0. The van der Waals surface area contributed by atoms with Crippen molar-refractivity contribution in [2.75, 3.05) is 13.2 Å². The molecular formula is C26H30BrN5O7. The Morgan fingerprint density at radius 1 is 1.10 bits per heavy atom. The highest BCUT2D eigenvalue weighted by atomic mass is 79.9. The second-order valence-corrected chi connectivity index (χ2v) is 10.0. The standard InChI is InChI=1S/C26H30BrN5O7/c1-26(2,3)39-25(37)31-21(15-33)23(35)30-20(13-16-4-7-18(34)8-5-16)24(36)32-29-14-17-6-9-22(19(27)12-17)38-11-10-28/h4-9,12,14,20-21,33-34H,11,13,15H2,1-3H3,(H,30,35)(H,31,37)(H,32,36)/b29-14-/t20-,21-/m0/s1. The fourth-order valence-corrected chi connectivity index (χ4v) is 3.58. The Morgan fingerprint density at radius 2 is 1.79 bits per heavy atom. The lowest BCUT2D eigenvalue weighted by atomic mass is 10.0. The third-order valence-electron chi connectivity index (χ3n) is 4.84. The van der Waals surface area contributed by atoms with Gasteiger partial charge in [0.25, 0.3) is 5.91 Å². The van der Waals surface area contributed by atoms with Crippen LogP contribution in [-0.4, -0.2) is 65.2 Å². The number of nitrogens with one attached hydrogen (secondary N) is 3. The normalized spacial score (nSPS) is 12.6. The molecule has 2 rings (SSSR count). The Labute approximate surface area is 234 Å². The molecule has 12 nitrogen and oxygen atoms in total. The van der Waals surface area contributed by atoms with Crippen molar-refractivity contribution in [3.8, 4) is 17.6 Å². The van der Waals surface area contributed by atoms with Crippen molar-refractivity contribution in [1.29, 1.82) is 5.26 Å². The lowest BCUT2D eigenvalue weighted by molar-refractivity contribution is -0.130. The number of rotatable bonds is 11. The first-order chi connectivity index (χ1) is 18.4. The van der Waals surface area contributed by atoms with E-state index in [-0.39, 0.29) is 18.8 Å². The first kappa shape index (κ1) is 31.1. The minimum Gasteiger partial charge on any atom is -0.508 e. The molecule has 0 aliphatic heterocycles. The zero-order chi connectivity index (χ0) is 29.0. The lowest BCUT2D eigenvalue weighted by Crippen LogP contribution is -2.55. The number of aliphatic hydroxyl groups is 1. The summed E-state index contributed by atoms with van der Waals surface area (Å²) in [7, 11) is 0. The third kappa shape index (κ3) is 11.0. The average Bonchev–Trinajstić information content (AvgIpc) is 2.86. The van der Waals surface area contributed by atoms with Gasteiger partial charge in [0.15, 0.2) is 6.61 Å². The number of hydrazone groups is 1. The SMILES string of the molecule is CC(C)(C)OC(=O)N[C@@H](CO)C(=O)N[C@@H](Cc1ccc(O)cc1)C(=O)N/N=C\c1ccc(OCC#N)c(Br)c1. The number of phenolic OH excluding ortho intramolecular Hbond substituents is 1. The molecule has 0 aliphatic rings. The zero-order valence-electron chi connectivity index (χ0n) is 21.6. The molecule has 0 heterocycles.